The lowest BCUT2D eigenvalue weighted by Crippen LogP contribution is -2.43. The van der Waals surface area contributed by atoms with Gasteiger partial charge in [-0.15, -0.1) is 0 Å². The average molecular weight is 240 g/mol. The molecule has 96 valence electrons. The summed E-state index contributed by atoms with van der Waals surface area (Å²) in [6.07, 6.45) is -4.08. The molecule has 0 saturated carbocycles. The van der Waals surface area contributed by atoms with Gasteiger partial charge in [0.05, 0.1) is 17.8 Å². The van der Waals surface area contributed by atoms with Crippen LogP contribution in [0.25, 0.3) is 0 Å². The molecule has 0 radical (unpaired) electrons. The Balaban J connectivity index is 2.39. The van der Waals surface area contributed by atoms with Gasteiger partial charge in [0.1, 0.15) is 0 Å². The van der Waals surface area contributed by atoms with E-state index < -0.39 is 18.2 Å². The molecule has 2 nitrogen and oxygen atoms in total. The number of ether oxygens (including phenoxy) is 1. The third kappa shape index (κ3) is 4.70. The van der Waals surface area contributed by atoms with Crippen molar-refractivity contribution in [2.45, 2.75) is 69.9 Å². The normalized spacial score (nSPS) is 36.4. The Morgan fingerprint density at radius 2 is 1.75 bits per heavy atom. The number of rotatable bonds is 3. The Bertz CT molecular complexity index is 218. The molecule has 1 fully saturated rings. The van der Waals surface area contributed by atoms with Gasteiger partial charge in [0.25, 0.3) is 0 Å². The summed E-state index contributed by atoms with van der Waals surface area (Å²) in [6.45, 7) is 3.68. The van der Waals surface area contributed by atoms with E-state index in [0.717, 1.165) is 0 Å². The lowest BCUT2D eigenvalue weighted by molar-refractivity contribution is -0.150. The first kappa shape index (κ1) is 13.8. The number of halogens is 3. The van der Waals surface area contributed by atoms with Gasteiger partial charge in [0.2, 0.25) is 0 Å². The van der Waals surface area contributed by atoms with Gasteiger partial charge < -0.3 is 9.84 Å². The van der Waals surface area contributed by atoms with Crippen LogP contribution in [0.2, 0.25) is 0 Å². The van der Waals surface area contributed by atoms with E-state index in [9.17, 15) is 18.3 Å². The van der Waals surface area contributed by atoms with Crippen LogP contribution in [-0.4, -0.2) is 29.1 Å². The summed E-state index contributed by atoms with van der Waals surface area (Å²) < 4.78 is 41.4. The van der Waals surface area contributed by atoms with Crippen LogP contribution in [0.15, 0.2) is 0 Å². The maximum atomic E-state index is 12.0. The van der Waals surface area contributed by atoms with E-state index in [0.29, 0.717) is 12.8 Å². The van der Waals surface area contributed by atoms with Crippen molar-refractivity contribution >= 4 is 0 Å². The van der Waals surface area contributed by atoms with E-state index in [2.05, 4.69) is 0 Å². The average Bonchev–Trinajstić information content (AvgIpc) is 1.96. The third-order valence-corrected chi connectivity index (χ3v) is 2.90. The molecule has 1 aliphatic rings. The van der Waals surface area contributed by atoms with Crippen molar-refractivity contribution in [3.05, 3.63) is 0 Å². The quantitative estimate of drug-likeness (QED) is 0.821. The summed E-state index contributed by atoms with van der Waals surface area (Å²) in [6, 6.07) is 0. The van der Waals surface area contributed by atoms with Gasteiger partial charge in [0, 0.05) is 19.3 Å². The molecule has 0 amide bonds. The van der Waals surface area contributed by atoms with Gasteiger partial charge in [-0.05, 0) is 26.7 Å². The summed E-state index contributed by atoms with van der Waals surface area (Å²) in [7, 11) is 0. The van der Waals surface area contributed by atoms with Crippen LogP contribution in [0.4, 0.5) is 13.2 Å². The summed E-state index contributed by atoms with van der Waals surface area (Å²) in [4.78, 5) is 0. The van der Waals surface area contributed by atoms with E-state index in [1.807, 2.05) is 13.8 Å². The maximum Gasteiger partial charge on any atom is 0.389 e. The minimum Gasteiger partial charge on any atom is -0.390 e. The smallest absolute Gasteiger partial charge is 0.389 e. The van der Waals surface area contributed by atoms with Gasteiger partial charge >= 0.3 is 6.18 Å². The first-order valence-electron chi connectivity index (χ1n) is 5.65. The zero-order chi connectivity index (χ0) is 12.4. The number of hydrogen-bond donors (Lipinski definition) is 1. The third-order valence-electron chi connectivity index (χ3n) is 2.90. The molecule has 0 bridgehead atoms. The van der Waals surface area contributed by atoms with Crippen LogP contribution >= 0.6 is 0 Å². The number of aliphatic hydroxyl groups is 1. The van der Waals surface area contributed by atoms with Gasteiger partial charge in [0.15, 0.2) is 0 Å². The largest absolute Gasteiger partial charge is 0.390 e. The SMILES string of the molecule is CC1CC(O)(CCCC(F)(F)F)CC(C)O1. The van der Waals surface area contributed by atoms with Crippen LogP contribution in [-0.2, 0) is 4.74 Å². The number of alkyl halides is 3. The molecule has 5 heteroatoms. The van der Waals surface area contributed by atoms with E-state index in [4.69, 9.17) is 4.74 Å². The summed E-state index contributed by atoms with van der Waals surface area (Å²) >= 11 is 0. The minimum absolute atomic E-state index is 0.0144. The van der Waals surface area contributed by atoms with Gasteiger partial charge in [-0.25, -0.2) is 0 Å². The second kappa shape index (κ2) is 4.92. The highest BCUT2D eigenvalue weighted by atomic mass is 19.4. The van der Waals surface area contributed by atoms with Crippen molar-refractivity contribution in [3.8, 4) is 0 Å². The molecule has 0 aromatic rings. The van der Waals surface area contributed by atoms with E-state index >= 15 is 0 Å². The van der Waals surface area contributed by atoms with Crippen molar-refractivity contribution in [2.24, 2.45) is 0 Å². The van der Waals surface area contributed by atoms with E-state index in [1.165, 1.54) is 0 Å². The zero-order valence-electron chi connectivity index (χ0n) is 9.68. The van der Waals surface area contributed by atoms with Gasteiger partial charge in [-0.1, -0.05) is 0 Å². The Morgan fingerprint density at radius 3 is 2.19 bits per heavy atom. The molecule has 1 saturated heterocycles. The molecule has 0 aromatic carbocycles. The molecule has 2 atom stereocenters. The predicted molar refractivity (Wildman–Crippen MR) is 54.1 cm³/mol. The van der Waals surface area contributed by atoms with Crippen LogP contribution < -0.4 is 0 Å². The highest BCUT2D eigenvalue weighted by molar-refractivity contribution is 4.87. The topological polar surface area (TPSA) is 29.5 Å². The molecule has 0 aromatic heterocycles. The van der Waals surface area contributed by atoms with E-state index in [1.54, 1.807) is 0 Å². The maximum absolute atomic E-state index is 12.0. The van der Waals surface area contributed by atoms with Crippen LogP contribution in [0.3, 0.4) is 0 Å². The molecule has 1 N–H and O–H groups in total. The van der Waals surface area contributed by atoms with Gasteiger partial charge in [-0.2, -0.15) is 13.2 Å². The lowest BCUT2D eigenvalue weighted by atomic mass is 9.83. The summed E-state index contributed by atoms with van der Waals surface area (Å²) in [5.74, 6) is 0. The Labute approximate surface area is 93.8 Å². The van der Waals surface area contributed by atoms with Gasteiger partial charge in [-0.3, -0.25) is 0 Å². The minimum atomic E-state index is -4.13. The lowest BCUT2D eigenvalue weighted by Gasteiger charge is -2.39. The van der Waals surface area contributed by atoms with Crippen molar-refractivity contribution < 1.29 is 23.0 Å². The van der Waals surface area contributed by atoms with Crippen LogP contribution in [0, 0.1) is 0 Å². The van der Waals surface area contributed by atoms with Crippen LogP contribution in [0.5, 0.6) is 0 Å². The van der Waals surface area contributed by atoms with Crippen molar-refractivity contribution in [2.75, 3.05) is 0 Å². The molecular weight excluding hydrogens is 221 g/mol. The first-order chi connectivity index (χ1) is 7.20. The highest BCUT2D eigenvalue weighted by Gasteiger charge is 2.37. The van der Waals surface area contributed by atoms with Crippen molar-refractivity contribution in [1.82, 2.24) is 0 Å². The standard InChI is InChI=1S/C11H19F3O2/c1-8-6-10(15,7-9(2)16-8)4-3-5-11(12,13)14/h8-9,15H,3-7H2,1-2H3. The zero-order valence-corrected chi connectivity index (χ0v) is 9.68. The predicted octanol–water partition coefficient (Wildman–Crippen LogP) is 3.04. The fourth-order valence-electron chi connectivity index (χ4n) is 2.47. The first-order valence-corrected chi connectivity index (χ1v) is 5.65. The summed E-state index contributed by atoms with van der Waals surface area (Å²) in [5, 5.41) is 10.2. The fourth-order valence-corrected chi connectivity index (χ4v) is 2.47. The number of hydrogen-bond acceptors (Lipinski definition) is 2. The Morgan fingerprint density at radius 1 is 1.25 bits per heavy atom. The Kier molecular flexibility index (Phi) is 4.23. The fraction of sp³-hybridized carbons (Fsp3) is 1.00. The molecular formula is C11H19F3O2. The second-order valence-corrected chi connectivity index (χ2v) is 4.86. The molecule has 2 unspecified atom stereocenters. The molecule has 1 rings (SSSR count). The highest BCUT2D eigenvalue weighted by Crippen LogP contribution is 2.34. The second-order valence-electron chi connectivity index (χ2n) is 4.86. The molecule has 1 heterocycles. The molecule has 16 heavy (non-hydrogen) atoms. The Hall–Kier alpha value is -0.290. The molecule has 1 aliphatic heterocycles. The van der Waals surface area contributed by atoms with Crippen molar-refractivity contribution in [1.29, 1.82) is 0 Å². The van der Waals surface area contributed by atoms with Crippen molar-refractivity contribution in [3.63, 3.8) is 0 Å². The summed E-state index contributed by atoms with van der Waals surface area (Å²) in [5.41, 5.74) is -0.984. The molecule has 0 aliphatic carbocycles. The molecule has 0 spiro atoms. The van der Waals surface area contributed by atoms with E-state index in [-0.39, 0.29) is 25.0 Å². The van der Waals surface area contributed by atoms with Crippen LogP contribution in [0.1, 0.15) is 46.0 Å². The monoisotopic (exact) mass is 240 g/mol.